The first-order valence-electron chi connectivity index (χ1n) is 10.6. The zero-order valence-electron chi connectivity index (χ0n) is 17.6. The number of anilines is 2. The van der Waals surface area contributed by atoms with Crippen LogP contribution in [0.25, 0.3) is 10.9 Å². The zero-order valence-corrected chi connectivity index (χ0v) is 18.4. The predicted octanol–water partition coefficient (Wildman–Crippen LogP) is 5.91. The highest BCUT2D eigenvalue weighted by Gasteiger charge is 2.22. The van der Waals surface area contributed by atoms with Crippen LogP contribution >= 0.6 is 11.6 Å². The van der Waals surface area contributed by atoms with Crippen LogP contribution in [0, 0.1) is 5.82 Å². The van der Waals surface area contributed by atoms with Gasteiger partial charge >= 0.3 is 0 Å². The number of nitrogens with zero attached hydrogens (tertiary/aromatic N) is 2. The average Bonchev–Trinajstić information content (AvgIpc) is 2.84. The van der Waals surface area contributed by atoms with Crippen molar-refractivity contribution in [2.45, 2.75) is 19.1 Å². The number of fused-ring (bicyclic) bond motifs is 2. The number of aromatic nitrogens is 2. The van der Waals surface area contributed by atoms with Gasteiger partial charge in [-0.3, -0.25) is 0 Å². The van der Waals surface area contributed by atoms with Crippen molar-refractivity contribution in [3.8, 4) is 11.5 Å². The van der Waals surface area contributed by atoms with Crippen molar-refractivity contribution in [2.24, 2.45) is 0 Å². The highest BCUT2D eigenvalue weighted by molar-refractivity contribution is 6.31. The number of benzene rings is 3. The minimum absolute atomic E-state index is 0.0322. The Labute approximate surface area is 195 Å². The molecule has 2 heterocycles. The molecule has 5 rings (SSSR count). The van der Waals surface area contributed by atoms with Crippen molar-refractivity contribution in [1.82, 2.24) is 9.97 Å². The van der Waals surface area contributed by atoms with Crippen LogP contribution in [0.15, 0.2) is 67.0 Å². The summed E-state index contributed by atoms with van der Waals surface area (Å²) in [5.74, 6) is 1.34. The fraction of sp³-hybridized carbons (Fsp3) is 0.200. The highest BCUT2D eigenvalue weighted by atomic mass is 35.5. The average molecular weight is 466 g/mol. The maximum absolute atomic E-state index is 13.5. The molecule has 0 saturated heterocycles. The number of halogens is 2. The maximum Gasteiger partial charge on any atom is 0.163 e. The largest absolute Gasteiger partial charge is 0.486 e. The molecule has 1 atom stereocenters. The monoisotopic (exact) mass is 465 g/mol. The Morgan fingerprint density at radius 3 is 2.79 bits per heavy atom. The molecule has 1 aliphatic heterocycles. The van der Waals surface area contributed by atoms with E-state index in [1.165, 1.54) is 18.5 Å². The number of hydrogen-bond acceptors (Lipinski definition) is 6. The normalized spacial score (nSPS) is 14.9. The van der Waals surface area contributed by atoms with Gasteiger partial charge in [0.15, 0.2) is 11.5 Å². The van der Waals surface area contributed by atoms with E-state index in [4.69, 9.17) is 25.8 Å². The summed E-state index contributed by atoms with van der Waals surface area (Å²) in [6.45, 7) is 1.57. The number of nitrogens with one attached hydrogen (secondary N) is 1. The molecule has 0 amide bonds. The number of hydrogen-bond donors (Lipinski definition) is 1. The number of rotatable bonds is 7. The molecule has 1 N–H and O–H groups in total. The third-order valence-corrected chi connectivity index (χ3v) is 5.59. The lowest BCUT2D eigenvalue weighted by Crippen LogP contribution is -2.30. The third-order valence-electron chi connectivity index (χ3n) is 5.30. The van der Waals surface area contributed by atoms with Crippen molar-refractivity contribution < 1.29 is 18.6 Å². The van der Waals surface area contributed by atoms with Crippen LogP contribution in [0.1, 0.15) is 12.0 Å². The Hall–Kier alpha value is -3.42. The first-order valence-corrected chi connectivity index (χ1v) is 11.0. The molecule has 0 spiro atoms. The smallest absolute Gasteiger partial charge is 0.163 e. The van der Waals surface area contributed by atoms with Gasteiger partial charge in [-0.15, -0.1) is 0 Å². The second kappa shape index (κ2) is 9.60. The molecule has 33 heavy (non-hydrogen) atoms. The van der Waals surface area contributed by atoms with Crippen molar-refractivity contribution >= 4 is 34.0 Å². The molecule has 168 valence electrons. The van der Waals surface area contributed by atoms with E-state index in [1.54, 1.807) is 6.07 Å². The van der Waals surface area contributed by atoms with E-state index in [2.05, 4.69) is 15.3 Å². The van der Waals surface area contributed by atoms with Crippen molar-refractivity contribution in [3.05, 3.63) is 83.4 Å². The Morgan fingerprint density at radius 1 is 1.06 bits per heavy atom. The minimum atomic E-state index is -0.479. The second-order valence-corrected chi connectivity index (χ2v) is 8.08. The van der Waals surface area contributed by atoms with Gasteiger partial charge in [-0.25, -0.2) is 14.4 Å². The lowest BCUT2D eigenvalue weighted by molar-refractivity contribution is 0.0443. The van der Waals surface area contributed by atoms with Gasteiger partial charge in [0.2, 0.25) is 0 Å². The van der Waals surface area contributed by atoms with Crippen LogP contribution in [0.4, 0.5) is 15.9 Å². The van der Waals surface area contributed by atoms with Crippen LogP contribution in [0.3, 0.4) is 0 Å². The van der Waals surface area contributed by atoms with E-state index in [-0.39, 0.29) is 11.1 Å². The van der Waals surface area contributed by atoms with Crippen LogP contribution in [-0.2, 0) is 11.3 Å². The molecule has 3 aromatic carbocycles. The summed E-state index contributed by atoms with van der Waals surface area (Å²) < 4.78 is 31.4. The quantitative estimate of drug-likeness (QED) is 0.342. The van der Waals surface area contributed by atoms with E-state index < -0.39 is 5.82 Å². The van der Waals surface area contributed by atoms with Gasteiger partial charge < -0.3 is 19.5 Å². The first-order chi connectivity index (χ1) is 16.2. The molecule has 8 heteroatoms. The molecule has 1 aromatic heterocycles. The van der Waals surface area contributed by atoms with Gasteiger partial charge in [0.25, 0.3) is 0 Å². The topological polar surface area (TPSA) is 65.5 Å². The minimum Gasteiger partial charge on any atom is -0.486 e. The summed E-state index contributed by atoms with van der Waals surface area (Å²) in [7, 11) is 0. The van der Waals surface area contributed by atoms with Crippen LogP contribution in [0.5, 0.6) is 11.5 Å². The summed E-state index contributed by atoms with van der Waals surface area (Å²) in [6.07, 6.45) is 2.04. The molecule has 0 fully saturated rings. The Morgan fingerprint density at radius 2 is 1.94 bits per heavy atom. The third kappa shape index (κ3) is 4.99. The van der Waals surface area contributed by atoms with Crippen LogP contribution in [-0.4, -0.2) is 29.3 Å². The summed E-state index contributed by atoms with van der Waals surface area (Å²) in [4.78, 5) is 8.68. The van der Waals surface area contributed by atoms with Gasteiger partial charge in [0, 0.05) is 23.6 Å². The van der Waals surface area contributed by atoms with Crippen molar-refractivity contribution in [1.29, 1.82) is 0 Å². The molecule has 1 aliphatic rings. The fourth-order valence-corrected chi connectivity index (χ4v) is 3.78. The van der Waals surface area contributed by atoms with Gasteiger partial charge in [-0.2, -0.15) is 0 Å². The van der Waals surface area contributed by atoms with E-state index in [0.29, 0.717) is 54.8 Å². The first kappa shape index (κ1) is 21.4. The Balaban J connectivity index is 1.28. The molecule has 4 aromatic rings. The zero-order chi connectivity index (χ0) is 22.6. The Kier molecular flexibility index (Phi) is 6.24. The van der Waals surface area contributed by atoms with E-state index in [9.17, 15) is 4.39 Å². The molecule has 0 bridgehead atoms. The van der Waals surface area contributed by atoms with E-state index >= 15 is 0 Å². The Bertz CT molecular complexity index is 1270. The molecule has 0 saturated carbocycles. The summed E-state index contributed by atoms with van der Waals surface area (Å²) in [5.41, 5.74) is 2.45. The predicted molar refractivity (Wildman–Crippen MR) is 125 cm³/mol. The number of ether oxygens (including phenoxy) is 3. The van der Waals surface area contributed by atoms with E-state index in [1.807, 2.05) is 42.5 Å². The molecule has 1 unspecified atom stereocenters. The maximum atomic E-state index is 13.5. The molecule has 0 radical (unpaired) electrons. The molecule has 0 aliphatic carbocycles. The van der Waals surface area contributed by atoms with E-state index in [0.717, 1.165) is 10.9 Å². The summed E-state index contributed by atoms with van der Waals surface area (Å²) >= 11 is 5.90. The molecule has 6 nitrogen and oxygen atoms in total. The highest BCUT2D eigenvalue weighted by Crippen LogP contribution is 2.38. The lowest BCUT2D eigenvalue weighted by Gasteiger charge is -2.27. The van der Waals surface area contributed by atoms with Crippen LogP contribution < -0.4 is 14.8 Å². The van der Waals surface area contributed by atoms with Crippen molar-refractivity contribution in [3.63, 3.8) is 0 Å². The standard InChI is InChI=1S/C25H21ClFN3O3/c26-20-10-17(6-7-21(20)27)30-25-19-11-24-23(12-22(19)28-15-29-25)32-14-18(33-24)8-9-31-13-16-4-2-1-3-5-16/h1-7,10-12,15,18H,8-9,13-14H2,(H,28,29,30). The van der Waals surface area contributed by atoms with Gasteiger partial charge in [0.05, 0.1) is 23.8 Å². The van der Waals surface area contributed by atoms with Crippen molar-refractivity contribution in [2.75, 3.05) is 18.5 Å². The summed E-state index contributed by atoms with van der Waals surface area (Å²) in [6, 6.07) is 18.1. The van der Waals surface area contributed by atoms with Gasteiger partial charge in [-0.05, 0) is 29.8 Å². The SMILES string of the molecule is Fc1ccc(Nc2ncnc3cc4c(cc23)OC(CCOCc2ccccc2)CO4)cc1Cl. The lowest BCUT2D eigenvalue weighted by atomic mass is 10.1. The fourth-order valence-electron chi connectivity index (χ4n) is 3.60. The second-order valence-electron chi connectivity index (χ2n) is 7.67. The molecular weight excluding hydrogens is 445 g/mol. The summed E-state index contributed by atoms with van der Waals surface area (Å²) in [5, 5.41) is 3.96. The molecular formula is C25H21ClFN3O3. The van der Waals surface area contributed by atoms with Crippen LogP contribution in [0.2, 0.25) is 5.02 Å². The van der Waals surface area contributed by atoms with Gasteiger partial charge in [0.1, 0.15) is 30.7 Å². The van der Waals surface area contributed by atoms with Gasteiger partial charge in [-0.1, -0.05) is 41.9 Å².